The number of carbonyl (C=O) groups is 2. The molecule has 120 valence electrons. The quantitative estimate of drug-likeness (QED) is 0.611. The molecular weight excluding hydrogens is 278 g/mol. The van der Waals surface area contributed by atoms with E-state index in [0.717, 1.165) is 19.5 Å². The van der Waals surface area contributed by atoms with Crippen LogP contribution in [0.25, 0.3) is 0 Å². The predicted molar refractivity (Wildman–Crippen MR) is 74.0 cm³/mol. The van der Waals surface area contributed by atoms with Gasteiger partial charge in [-0.05, 0) is 13.3 Å². The number of nitrogens with one attached hydrogen (secondary N) is 1. The van der Waals surface area contributed by atoms with Crippen molar-refractivity contribution in [2.75, 3.05) is 39.4 Å². The van der Waals surface area contributed by atoms with E-state index in [1.807, 2.05) is 0 Å². The number of carbonyl (C=O) groups excluding carboxylic acids is 1. The average molecular weight is 301 g/mol. The van der Waals surface area contributed by atoms with Gasteiger partial charge in [0, 0.05) is 32.2 Å². The van der Waals surface area contributed by atoms with E-state index in [9.17, 15) is 14.7 Å². The summed E-state index contributed by atoms with van der Waals surface area (Å²) in [5.41, 5.74) is 0. The van der Waals surface area contributed by atoms with Crippen molar-refractivity contribution >= 4 is 12.0 Å². The number of carboxylic acids is 1. The van der Waals surface area contributed by atoms with E-state index in [1.165, 1.54) is 6.92 Å². The number of rotatable bonds is 4. The smallest absolute Gasteiger partial charge is 0.328 e. The van der Waals surface area contributed by atoms with Gasteiger partial charge in [0.1, 0.15) is 0 Å². The highest BCUT2D eigenvalue weighted by molar-refractivity contribution is 5.83. The molecule has 2 rings (SSSR count). The molecule has 8 nitrogen and oxygen atoms in total. The molecule has 0 saturated carbocycles. The second-order valence-electron chi connectivity index (χ2n) is 5.54. The summed E-state index contributed by atoms with van der Waals surface area (Å²) in [4.78, 5) is 27.0. The van der Waals surface area contributed by atoms with E-state index in [-0.39, 0.29) is 0 Å². The monoisotopic (exact) mass is 301 g/mol. The molecule has 3 atom stereocenters. The lowest BCUT2D eigenvalue weighted by Crippen LogP contribution is -2.52. The number of hydrogen-bond donors (Lipinski definition) is 3. The van der Waals surface area contributed by atoms with Gasteiger partial charge in [-0.2, -0.15) is 0 Å². The molecule has 21 heavy (non-hydrogen) atoms. The normalized spacial score (nSPS) is 26.4. The largest absolute Gasteiger partial charge is 0.480 e. The lowest BCUT2D eigenvalue weighted by Gasteiger charge is -2.32. The molecule has 0 aromatic rings. The van der Waals surface area contributed by atoms with Gasteiger partial charge < -0.3 is 25.2 Å². The van der Waals surface area contributed by atoms with Crippen molar-refractivity contribution in [2.24, 2.45) is 0 Å². The summed E-state index contributed by atoms with van der Waals surface area (Å²) >= 11 is 0. The SMILES string of the molecule is C[C@@H](O)[C@H](NC(=O)N1CCC(N2CCOCC2)C1)C(=O)O. The second-order valence-corrected chi connectivity index (χ2v) is 5.54. The first-order valence-electron chi connectivity index (χ1n) is 7.27. The number of likely N-dealkylation sites (tertiary alicyclic amines) is 1. The zero-order chi connectivity index (χ0) is 15.4. The summed E-state index contributed by atoms with van der Waals surface area (Å²) in [5.74, 6) is -1.23. The van der Waals surface area contributed by atoms with Crippen molar-refractivity contribution in [1.29, 1.82) is 0 Å². The lowest BCUT2D eigenvalue weighted by atomic mass is 10.2. The third-order valence-electron chi connectivity index (χ3n) is 4.04. The van der Waals surface area contributed by atoms with E-state index in [4.69, 9.17) is 9.84 Å². The number of morpholine rings is 1. The van der Waals surface area contributed by atoms with Gasteiger partial charge >= 0.3 is 12.0 Å². The van der Waals surface area contributed by atoms with Crippen molar-refractivity contribution < 1.29 is 24.5 Å². The highest BCUT2D eigenvalue weighted by Gasteiger charge is 2.33. The minimum absolute atomic E-state index is 0.300. The number of carboxylic acid groups (broad SMARTS) is 1. The summed E-state index contributed by atoms with van der Waals surface area (Å²) < 4.78 is 5.31. The summed E-state index contributed by atoms with van der Waals surface area (Å²) in [6, 6.07) is -1.41. The van der Waals surface area contributed by atoms with Crippen molar-refractivity contribution in [3.63, 3.8) is 0 Å². The standard InChI is InChI=1S/C13H23N3O5/c1-9(17)11(12(18)19)14-13(20)16-3-2-10(8-16)15-4-6-21-7-5-15/h9-11,17H,2-8H2,1H3,(H,14,20)(H,18,19)/t9-,10?,11+/m1/s1. The Morgan fingerprint density at radius 2 is 1.95 bits per heavy atom. The molecule has 0 bridgehead atoms. The van der Waals surface area contributed by atoms with Gasteiger partial charge in [0.2, 0.25) is 0 Å². The number of hydrogen-bond acceptors (Lipinski definition) is 5. The summed E-state index contributed by atoms with van der Waals surface area (Å²) in [6.07, 6.45) is -0.260. The second kappa shape index (κ2) is 7.06. The molecule has 3 N–H and O–H groups in total. The van der Waals surface area contributed by atoms with Crippen molar-refractivity contribution in [3.8, 4) is 0 Å². The van der Waals surface area contributed by atoms with Gasteiger partial charge in [0.05, 0.1) is 19.3 Å². The molecule has 8 heteroatoms. The van der Waals surface area contributed by atoms with Crippen molar-refractivity contribution in [1.82, 2.24) is 15.1 Å². The third kappa shape index (κ3) is 4.05. The predicted octanol–water partition coefficient (Wildman–Crippen LogP) is -1.06. The fraction of sp³-hybridized carbons (Fsp3) is 0.846. The number of aliphatic hydroxyl groups is 1. The Kier molecular flexibility index (Phi) is 5.38. The molecule has 0 radical (unpaired) electrons. The first-order chi connectivity index (χ1) is 9.99. The van der Waals surface area contributed by atoms with E-state index in [1.54, 1.807) is 4.90 Å². The van der Waals surface area contributed by atoms with Gasteiger partial charge in [-0.15, -0.1) is 0 Å². The van der Waals surface area contributed by atoms with Crippen LogP contribution in [0.3, 0.4) is 0 Å². The van der Waals surface area contributed by atoms with Gasteiger partial charge in [-0.1, -0.05) is 0 Å². The van der Waals surface area contributed by atoms with Gasteiger partial charge in [0.25, 0.3) is 0 Å². The molecule has 2 amide bonds. The Labute approximate surface area is 123 Å². The first kappa shape index (κ1) is 16.0. The lowest BCUT2D eigenvalue weighted by molar-refractivity contribution is -0.141. The topological polar surface area (TPSA) is 102 Å². The Balaban J connectivity index is 1.85. The van der Waals surface area contributed by atoms with Crippen LogP contribution in [0.4, 0.5) is 4.79 Å². The molecule has 2 aliphatic rings. The zero-order valence-electron chi connectivity index (χ0n) is 12.2. The van der Waals surface area contributed by atoms with E-state index in [2.05, 4.69) is 10.2 Å². The molecule has 0 aliphatic carbocycles. The summed E-state index contributed by atoms with van der Waals surface area (Å²) in [5, 5.41) is 20.7. The van der Waals surface area contributed by atoms with Crippen LogP contribution in [0.1, 0.15) is 13.3 Å². The number of ether oxygens (including phenoxy) is 1. The van der Waals surface area contributed by atoms with Crippen LogP contribution in [-0.2, 0) is 9.53 Å². The maximum absolute atomic E-state index is 12.1. The van der Waals surface area contributed by atoms with Crippen LogP contribution >= 0.6 is 0 Å². The van der Waals surface area contributed by atoms with Crippen molar-refractivity contribution in [2.45, 2.75) is 31.5 Å². The van der Waals surface area contributed by atoms with Gasteiger partial charge in [-0.3, -0.25) is 4.90 Å². The molecule has 0 spiro atoms. The van der Waals surface area contributed by atoms with Crippen LogP contribution < -0.4 is 5.32 Å². The third-order valence-corrected chi connectivity index (χ3v) is 4.04. The molecular formula is C13H23N3O5. The molecule has 0 aromatic carbocycles. The zero-order valence-corrected chi connectivity index (χ0v) is 12.2. The number of amides is 2. The molecule has 2 heterocycles. The van der Waals surface area contributed by atoms with Crippen LogP contribution in [0, 0.1) is 0 Å². The molecule has 2 aliphatic heterocycles. The molecule has 1 unspecified atom stereocenters. The molecule has 2 fully saturated rings. The van der Waals surface area contributed by atoms with E-state index < -0.39 is 24.1 Å². The number of nitrogens with zero attached hydrogens (tertiary/aromatic N) is 2. The number of aliphatic hydroxyl groups excluding tert-OH is 1. The van der Waals surface area contributed by atoms with Crippen LogP contribution in [0.2, 0.25) is 0 Å². The van der Waals surface area contributed by atoms with E-state index in [0.29, 0.717) is 32.3 Å². The maximum atomic E-state index is 12.1. The number of aliphatic carboxylic acids is 1. The highest BCUT2D eigenvalue weighted by atomic mass is 16.5. The Morgan fingerprint density at radius 3 is 2.52 bits per heavy atom. The minimum Gasteiger partial charge on any atom is -0.480 e. The van der Waals surface area contributed by atoms with Crippen LogP contribution in [0.15, 0.2) is 0 Å². The average Bonchev–Trinajstić information content (AvgIpc) is 2.94. The number of urea groups is 1. The molecule has 2 saturated heterocycles. The highest BCUT2D eigenvalue weighted by Crippen LogP contribution is 2.17. The van der Waals surface area contributed by atoms with E-state index >= 15 is 0 Å². The summed E-state index contributed by atoms with van der Waals surface area (Å²) in [7, 11) is 0. The minimum atomic E-state index is -1.28. The van der Waals surface area contributed by atoms with Crippen molar-refractivity contribution in [3.05, 3.63) is 0 Å². The first-order valence-corrected chi connectivity index (χ1v) is 7.27. The fourth-order valence-electron chi connectivity index (χ4n) is 2.78. The summed E-state index contributed by atoms with van der Waals surface area (Å²) in [6.45, 7) is 5.69. The Morgan fingerprint density at radius 1 is 1.29 bits per heavy atom. The van der Waals surface area contributed by atoms with Gasteiger partial charge in [-0.25, -0.2) is 9.59 Å². The molecule has 0 aromatic heterocycles. The fourth-order valence-corrected chi connectivity index (χ4v) is 2.78. The Bertz CT molecular complexity index is 384. The van der Waals surface area contributed by atoms with Gasteiger partial charge in [0.15, 0.2) is 6.04 Å². The van der Waals surface area contributed by atoms with Crippen LogP contribution in [0.5, 0.6) is 0 Å². The van der Waals surface area contributed by atoms with Crippen LogP contribution in [-0.4, -0.2) is 89.6 Å². The Hall–Kier alpha value is -1.38. The maximum Gasteiger partial charge on any atom is 0.328 e.